The first kappa shape index (κ1) is 11.8. The second kappa shape index (κ2) is 4.49. The predicted molar refractivity (Wildman–Crippen MR) is 42.1 cm³/mol. The molecule has 0 bridgehead atoms. The molecule has 15 heavy (non-hydrogen) atoms. The van der Waals surface area contributed by atoms with Gasteiger partial charge in [0.25, 0.3) is 0 Å². The average molecular weight is 222 g/mol. The van der Waals surface area contributed by atoms with E-state index in [4.69, 9.17) is 5.26 Å². The molecule has 7 heteroatoms. The Hall–Kier alpha value is -1.29. The smallest absolute Gasteiger partial charge is 0.361 e. The highest BCUT2D eigenvalue weighted by Gasteiger charge is 2.43. The fourth-order valence-electron chi connectivity index (χ4n) is 1.30. The lowest BCUT2D eigenvalue weighted by Crippen LogP contribution is -2.40. The second-order valence-electron chi connectivity index (χ2n) is 3.23. The fourth-order valence-corrected chi connectivity index (χ4v) is 1.30. The van der Waals surface area contributed by atoms with Crippen LogP contribution in [0.1, 0.15) is 12.8 Å². The number of nitrogens with zero attached hydrogens (tertiary/aromatic N) is 2. The van der Waals surface area contributed by atoms with Crippen molar-refractivity contribution in [1.82, 2.24) is 5.06 Å². The Kier molecular flexibility index (Phi) is 3.52. The van der Waals surface area contributed by atoms with Gasteiger partial charge in [-0.1, -0.05) is 0 Å². The molecule has 0 amide bonds. The van der Waals surface area contributed by atoms with E-state index in [-0.39, 0.29) is 19.0 Å². The Balaban J connectivity index is 2.46. The highest BCUT2D eigenvalue weighted by molar-refractivity contribution is 5.75. The summed E-state index contributed by atoms with van der Waals surface area (Å²) in [5, 5.41) is 9.46. The maximum absolute atomic E-state index is 11.8. The summed E-state index contributed by atoms with van der Waals surface area (Å²) in [5.41, 5.74) is 0. The summed E-state index contributed by atoms with van der Waals surface area (Å²) in [6.07, 6.45) is -3.82. The molecule has 1 heterocycles. The number of hydrogen-bond acceptors (Lipinski definition) is 4. The van der Waals surface area contributed by atoms with Crippen LogP contribution in [0.3, 0.4) is 0 Å². The second-order valence-corrected chi connectivity index (χ2v) is 3.23. The summed E-state index contributed by atoms with van der Waals surface area (Å²) in [7, 11) is 0. The zero-order chi connectivity index (χ0) is 11.5. The number of hydroxylamine groups is 2. The molecule has 0 radical (unpaired) electrons. The topological polar surface area (TPSA) is 53.3 Å². The first-order valence-electron chi connectivity index (χ1n) is 4.37. The number of rotatable bonds is 1. The lowest BCUT2D eigenvalue weighted by molar-refractivity contribution is -0.242. The van der Waals surface area contributed by atoms with E-state index in [1.54, 1.807) is 0 Å². The van der Waals surface area contributed by atoms with Crippen LogP contribution in [0.25, 0.3) is 0 Å². The molecule has 1 atom stereocenters. The molecule has 1 unspecified atom stereocenters. The third-order valence-electron chi connectivity index (χ3n) is 2.01. The van der Waals surface area contributed by atoms with Crippen LogP contribution in [0.15, 0.2) is 0 Å². The molecule has 1 aliphatic heterocycles. The van der Waals surface area contributed by atoms with Gasteiger partial charge in [-0.3, -0.25) is 0 Å². The van der Waals surface area contributed by atoms with Crippen molar-refractivity contribution in [3.8, 4) is 6.07 Å². The first-order chi connectivity index (χ1) is 6.93. The third kappa shape index (κ3) is 3.40. The van der Waals surface area contributed by atoms with Gasteiger partial charge in [0, 0.05) is 6.54 Å². The van der Waals surface area contributed by atoms with Crippen molar-refractivity contribution in [3.05, 3.63) is 0 Å². The maximum Gasteiger partial charge on any atom is 0.492 e. The summed E-state index contributed by atoms with van der Waals surface area (Å²) in [5.74, 6) is -2.61. The van der Waals surface area contributed by atoms with Crippen molar-refractivity contribution >= 4 is 5.97 Å². The number of alkyl halides is 3. The van der Waals surface area contributed by atoms with Crippen molar-refractivity contribution in [2.75, 3.05) is 13.1 Å². The van der Waals surface area contributed by atoms with Crippen LogP contribution in [0.5, 0.6) is 0 Å². The van der Waals surface area contributed by atoms with Gasteiger partial charge < -0.3 is 4.84 Å². The number of piperidine rings is 1. The van der Waals surface area contributed by atoms with E-state index in [1.807, 2.05) is 6.07 Å². The molecule has 0 N–H and O–H groups in total. The van der Waals surface area contributed by atoms with Gasteiger partial charge in [-0.15, -0.1) is 5.06 Å². The molecule has 0 spiro atoms. The molecule has 0 aliphatic carbocycles. The summed E-state index contributed by atoms with van der Waals surface area (Å²) >= 11 is 0. The SMILES string of the molecule is N#CC1CCCN(OC(=O)C(F)(F)F)C1. The van der Waals surface area contributed by atoms with Crippen molar-refractivity contribution in [2.24, 2.45) is 5.92 Å². The Labute approximate surface area is 84.2 Å². The van der Waals surface area contributed by atoms with Crippen LogP contribution in [-0.2, 0) is 9.63 Å². The summed E-state index contributed by atoms with van der Waals surface area (Å²) in [6.45, 7) is 0.276. The Morgan fingerprint density at radius 1 is 1.53 bits per heavy atom. The van der Waals surface area contributed by atoms with Gasteiger partial charge in [-0.05, 0) is 12.8 Å². The zero-order valence-corrected chi connectivity index (χ0v) is 7.75. The number of carbonyl (C=O) groups is 1. The summed E-state index contributed by atoms with van der Waals surface area (Å²) < 4.78 is 35.5. The van der Waals surface area contributed by atoms with Gasteiger partial charge >= 0.3 is 12.1 Å². The van der Waals surface area contributed by atoms with E-state index in [0.717, 1.165) is 5.06 Å². The van der Waals surface area contributed by atoms with Gasteiger partial charge in [-0.25, -0.2) is 4.79 Å². The van der Waals surface area contributed by atoms with Gasteiger partial charge in [-0.2, -0.15) is 18.4 Å². The molecule has 4 nitrogen and oxygen atoms in total. The number of halogens is 3. The highest BCUT2D eigenvalue weighted by atomic mass is 19.4. The number of nitriles is 1. The quantitative estimate of drug-likeness (QED) is 0.669. The Morgan fingerprint density at radius 3 is 2.73 bits per heavy atom. The normalized spacial score (nSPS) is 23.2. The largest absolute Gasteiger partial charge is 0.492 e. The average Bonchev–Trinajstić information content (AvgIpc) is 2.16. The number of hydrogen-bond donors (Lipinski definition) is 0. The van der Waals surface area contributed by atoms with E-state index in [1.165, 1.54) is 0 Å². The molecular formula is C8H9F3N2O2. The van der Waals surface area contributed by atoms with Crippen LogP contribution >= 0.6 is 0 Å². The first-order valence-corrected chi connectivity index (χ1v) is 4.37. The minimum absolute atomic E-state index is 0.0400. The van der Waals surface area contributed by atoms with Crippen LogP contribution in [0, 0.1) is 17.2 Å². The van der Waals surface area contributed by atoms with Gasteiger partial charge in [0.15, 0.2) is 0 Å². The molecule has 1 fully saturated rings. The van der Waals surface area contributed by atoms with Crippen LogP contribution in [-0.4, -0.2) is 30.3 Å². The molecule has 0 aromatic heterocycles. The third-order valence-corrected chi connectivity index (χ3v) is 2.01. The predicted octanol–water partition coefficient (Wildman–Crippen LogP) is 1.24. The van der Waals surface area contributed by atoms with Gasteiger partial charge in [0.2, 0.25) is 0 Å². The minimum Gasteiger partial charge on any atom is -0.361 e. The molecule has 1 aliphatic rings. The maximum atomic E-state index is 11.8. The molecule has 0 aromatic rings. The van der Waals surface area contributed by atoms with E-state index in [9.17, 15) is 18.0 Å². The lowest BCUT2D eigenvalue weighted by Gasteiger charge is -2.27. The zero-order valence-electron chi connectivity index (χ0n) is 7.75. The van der Waals surface area contributed by atoms with E-state index >= 15 is 0 Å². The van der Waals surface area contributed by atoms with Crippen LogP contribution < -0.4 is 0 Å². The minimum atomic E-state index is -4.99. The standard InChI is InChI=1S/C8H9F3N2O2/c9-8(10,11)7(14)15-13-3-1-2-6(4-12)5-13/h6H,1-3,5H2. The van der Waals surface area contributed by atoms with Crippen LogP contribution in [0.4, 0.5) is 13.2 Å². The summed E-state index contributed by atoms with van der Waals surface area (Å²) in [6, 6.07) is 1.93. The van der Waals surface area contributed by atoms with Gasteiger partial charge in [0.05, 0.1) is 18.5 Å². The number of carbonyl (C=O) groups excluding carboxylic acids is 1. The monoisotopic (exact) mass is 222 g/mol. The van der Waals surface area contributed by atoms with E-state index < -0.39 is 12.1 Å². The van der Waals surface area contributed by atoms with Crippen molar-refractivity contribution in [2.45, 2.75) is 19.0 Å². The molecule has 0 aromatic carbocycles. The Bertz CT molecular complexity index is 285. The fraction of sp³-hybridized carbons (Fsp3) is 0.750. The van der Waals surface area contributed by atoms with E-state index in [0.29, 0.717) is 12.8 Å². The van der Waals surface area contributed by atoms with Crippen molar-refractivity contribution in [3.63, 3.8) is 0 Å². The Morgan fingerprint density at radius 2 is 2.20 bits per heavy atom. The van der Waals surface area contributed by atoms with Crippen molar-refractivity contribution < 1.29 is 22.8 Å². The molecule has 1 rings (SSSR count). The van der Waals surface area contributed by atoms with E-state index in [2.05, 4.69) is 4.84 Å². The molecule has 1 saturated heterocycles. The van der Waals surface area contributed by atoms with Crippen LogP contribution in [0.2, 0.25) is 0 Å². The molecular weight excluding hydrogens is 213 g/mol. The molecule has 84 valence electrons. The van der Waals surface area contributed by atoms with Gasteiger partial charge in [0.1, 0.15) is 0 Å². The lowest BCUT2D eigenvalue weighted by atomic mass is 10.0. The molecule has 0 saturated carbocycles. The summed E-state index contributed by atoms with van der Waals surface area (Å²) in [4.78, 5) is 14.6. The highest BCUT2D eigenvalue weighted by Crippen LogP contribution is 2.20. The van der Waals surface area contributed by atoms with Crippen molar-refractivity contribution in [1.29, 1.82) is 5.26 Å².